The first-order chi connectivity index (χ1) is 10.4. The van der Waals surface area contributed by atoms with Gasteiger partial charge < -0.3 is 4.90 Å². The Hall–Kier alpha value is -2.01. The van der Waals surface area contributed by atoms with E-state index in [1.165, 1.54) is 18.7 Å². The first-order valence-corrected chi connectivity index (χ1v) is 7.52. The molecule has 5 nitrogen and oxygen atoms in total. The summed E-state index contributed by atoms with van der Waals surface area (Å²) in [6, 6.07) is 6.04. The van der Waals surface area contributed by atoms with E-state index >= 15 is 0 Å². The number of hydrogen-bond acceptors (Lipinski definition) is 5. The molecule has 0 amide bonds. The third kappa shape index (κ3) is 2.61. The molecule has 0 bridgehead atoms. The summed E-state index contributed by atoms with van der Waals surface area (Å²) in [7, 11) is 0. The van der Waals surface area contributed by atoms with Crippen LogP contribution in [0.4, 0.5) is 5.95 Å². The van der Waals surface area contributed by atoms with Crippen LogP contribution in [0.3, 0.4) is 0 Å². The molecule has 2 aromatic heterocycles. The van der Waals surface area contributed by atoms with E-state index in [-0.39, 0.29) is 0 Å². The fourth-order valence-corrected chi connectivity index (χ4v) is 3.59. The van der Waals surface area contributed by atoms with Gasteiger partial charge in [-0.1, -0.05) is 6.07 Å². The van der Waals surface area contributed by atoms with Crippen molar-refractivity contribution in [1.29, 1.82) is 0 Å². The number of rotatable bonds is 3. The Morgan fingerprint density at radius 3 is 2.38 bits per heavy atom. The zero-order valence-corrected chi connectivity index (χ0v) is 12.0. The lowest BCUT2D eigenvalue weighted by atomic mass is 10.0. The van der Waals surface area contributed by atoms with Crippen molar-refractivity contribution in [3.05, 3.63) is 48.5 Å². The van der Waals surface area contributed by atoms with Gasteiger partial charge in [0.25, 0.3) is 0 Å². The van der Waals surface area contributed by atoms with Crippen LogP contribution in [0.1, 0.15) is 5.56 Å². The number of aromatic nitrogens is 3. The Kier molecular flexibility index (Phi) is 3.27. The van der Waals surface area contributed by atoms with Gasteiger partial charge in [-0.3, -0.25) is 9.88 Å². The zero-order chi connectivity index (χ0) is 14.1. The zero-order valence-electron chi connectivity index (χ0n) is 12.0. The first-order valence-electron chi connectivity index (χ1n) is 7.52. The van der Waals surface area contributed by atoms with Crippen LogP contribution in [0, 0.1) is 11.8 Å². The number of fused-ring (bicyclic) bond motifs is 1. The second kappa shape index (κ2) is 5.41. The molecule has 0 unspecified atom stereocenters. The molecule has 2 aromatic rings. The molecule has 2 fully saturated rings. The number of nitrogens with zero attached hydrogens (tertiary/aromatic N) is 5. The molecule has 108 valence electrons. The van der Waals surface area contributed by atoms with Gasteiger partial charge in [0, 0.05) is 57.5 Å². The molecule has 0 saturated carbocycles. The smallest absolute Gasteiger partial charge is 0.225 e. The number of pyridine rings is 1. The van der Waals surface area contributed by atoms with Gasteiger partial charge in [0.1, 0.15) is 0 Å². The van der Waals surface area contributed by atoms with Crippen molar-refractivity contribution < 1.29 is 0 Å². The van der Waals surface area contributed by atoms with Crippen molar-refractivity contribution >= 4 is 5.95 Å². The number of anilines is 1. The summed E-state index contributed by atoms with van der Waals surface area (Å²) < 4.78 is 0. The summed E-state index contributed by atoms with van der Waals surface area (Å²) >= 11 is 0. The third-order valence-electron chi connectivity index (χ3n) is 4.53. The van der Waals surface area contributed by atoms with Crippen LogP contribution < -0.4 is 4.90 Å². The molecule has 2 aliphatic heterocycles. The Morgan fingerprint density at radius 1 is 0.952 bits per heavy atom. The van der Waals surface area contributed by atoms with Gasteiger partial charge in [-0.15, -0.1) is 0 Å². The van der Waals surface area contributed by atoms with E-state index in [2.05, 4.69) is 30.8 Å². The van der Waals surface area contributed by atoms with Gasteiger partial charge in [-0.05, 0) is 29.5 Å². The van der Waals surface area contributed by atoms with Crippen LogP contribution in [0.15, 0.2) is 43.0 Å². The maximum Gasteiger partial charge on any atom is 0.225 e. The molecule has 0 spiro atoms. The molecule has 5 heteroatoms. The second-order valence-electron chi connectivity index (χ2n) is 6.03. The number of likely N-dealkylation sites (tertiary alicyclic amines) is 1. The quantitative estimate of drug-likeness (QED) is 0.852. The monoisotopic (exact) mass is 281 g/mol. The topological polar surface area (TPSA) is 45.2 Å². The Balaban J connectivity index is 1.37. The fraction of sp³-hybridized carbons (Fsp3) is 0.438. The van der Waals surface area contributed by atoms with Crippen LogP contribution in [-0.2, 0) is 6.54 Å². The molecule has 4 heterocycles. The molecule has 2 saturated heterocycles. The minimum absolute atomic E-state index is 0.741. The van der Waals surface area contributed by atoms with E-state index in [9.17, 15) is 0 Å². The Bertz CT molecular complexity index is 574. The van der Waals surface area contributed by atoms with Gasteiger partial charge in [0.15, 0.2) is 0 Å². The van der Waals surface area contributed by atoms with Crippen LogP contribution >= 0.6 is 0 Å². The summed E-state index contributed by atoms with van der Waals surface area (Å²) in [4.78, 5) is 17.8. The Labute approximate surface area is 124 Å². The lowest BCUT2D eigenvalue weighted by Gasteiger charge is -2.21. The summed E-state index contributed by atoms with van der Waals surface area (Å²) in [6.07, 6.45) is 7.45. The highest BCUT2D eigenvalue weighted by Gasteiger charge is 2.40. The van der Waals surface area contributed by atoms with Gasteiger partial charge in [0.2, 0.25) is 5.95 Å². The maximum absolute atomic E-state index is 4.37. The van der Waals surface area contributed by atoms with E-state index < -0.39 is 0 Å². The van der Waals surface area contributed by atoms with E-state index in [1.54, 1.807) is 0 Å². The average molecular weight is 281 g/mol. The maximum atomic E-state index is 4.37. The highest BCUT2D eigenvalue weighted by Crippen LogP contribution is 2.33. The van der Waals surface area contributed by atoms with Crippen molar-refractivity contribution in [2.45, 2.75) is 6.54 Å². The summed E-state index contributed by atoms with van der Waals surface area (Å²) in [5, 5.41) is 0. The molecule has 4 rings (SSSR count). The van der Waals surface area contributed by atoms with Gasteiger partial charge in [0.05, 0.1) is 0 Å². The van der Waals surface area contributed by atoms with Gasteiger partial charge in [-0.2, -0.15) is 0 Å². The minimum Gasteiger partial charge on any atom is -0.340 e. The molecule has 0 aliphatic carbocycles. The van der Waals surface area contributed by atoms with Crippen molar-refractivity contribution in [3.8, 4) is 0 Å². The predicted octanol–water partition coefficient (Wildman–Crippen LogP) is 1.44. The fourth-order valence-electron chi connectivity index (χ4n) is 3.59. The average Bonchev–Trinajstić information content (AvgIpc) is 3.07. The highest BCUT2D eigenvalue weighted by atomic mass is 15.3. The normalized spacial score (nSPS) is 25.2. The van der Waals surface area contributed by atoms with Crippen LogP contribution in [-0.4, -0.2) is 46.0 Å². The molecule has 0 radical (unpaired) electrons. The molecule has 2 aliphatic rings. The highest BCUT2D eigenvalue weighted by molar-refractivity contribution is 5.31. The summed E-state index contributed by atoms with van der Waals surface area (Å²) in [5.74, 6) is 2.36. The molecular weight excluding hydrogens is 262 g/mol. The van der Waals surface area contributed by atoms with Crippen molar-refractivity contribution in [1.82, 2.24) is 19.9 Å². The van der Waals surface area contributed by atoms with E-state index in [0.717, 1.165) is 37.4 Å². The Morgan fingerprint density at radius 2 is 1.71 bits per heavy atom. The van der Waals surface area contributed by atoms with Crippen LogP contribution in [0.25, 0.3) is 0 Å². The lowest BCUT2D eigenvalue weighted by Crippen LogP contribution is -2.29. The molecule has 21 heavy (non-hydrogen) atoms. The van der Waals surface area contributed by atoms with Crippen LogP contribution in [0.5, 0.6) is 0 Å². The summed E-state index contributed by atoms with van der Waals surface area (Å²) in [5.41, 5.74) is 1.31. The van der Waals surface area contributed by atoms with Crippen LogP contribution in [0.2, 0.25) is 0 Å². The second-order valence-corrected chi connectivity index (χ2v) is 6.03. The third-order valence-corrected chi connectivity index (χ3v) is 4.53. The minimum atomic E-state index is 0.741. The first kappa shape index (κ1) is 12.7. The van der Waals surface area contributed by atoms with Gasteiger partial charge >= 0.3 is 0 Å². The van der Waals surface area contributed by atoms with Crippen molar-refractivity contribution in [2.75, 3.05) is 31.1 Å². The standard InChI is InChI=1S/C16H19N5/c1-3-13(7-17-4-1)8-20-9-14-11-21(12-15(14)10-20)16-18-5-2-6-19-16/h1-7,14-15H,8-12H2/t14-,15-/m1/s1. The molecule has 0 aromatic carbocycles. The molecule has 0 N–H and O–H groups in total. The van der Waals surface area contributed by atoms with E-state index in [4.69, 9.17) is 0 Å². The largest absolute Gasteiger partial charge is 0.340 e. The summed E-state index contributed by atoms with van der Waals surface area (Å²) in [6.45, 7) is 5.52. The van der Waals surface area contributed by atoms with Gasteiger partial charge in [-0.25, -0.2) is 9.97 Å². The SMILES string of the molecule is c1cnc(N2C[C@H]3CN(Cc4cccnc4)C[C@@H]3C2)nc1. The lowest BCUT2D eigenvalue weighted by molar-refractivity contribution is 0.308. The van der Waals surface area contributed by atoms with E-state index in [0.29, 0.717) is 0 Å². The van der Waals surface area contributed by atoms with Crippen molar-refractivity contribution in [3.63, 3.8) is 0 Å². The van der Waals surface area contributed by atoms with E-state index in [1.807, 2.05) is 36.9 Å². The number of hydrogen-bond donors (Lipinski definition) is 0. The predicted molar refractivity (Wildman–Crippen MR) is 80.7 cm³/mol. The molecule has 2 atom stereocenters. The molecular formula is C16H19N5. The van der Waals surface area contributed by atoms with Crippen molar-refractivity contribution in [2.24, 2.45) is 11.8 Å².